The summed E-state index contributed by atoms with van der Waals surface area (Å²) in [6.45, 7) is 0. The van der Waals surface area contributed by atoms with Crippen molar-refractivity contribution in [3.63, 3.8) is 0 Å². The van der Waals surface area contributed by atoms with E-state index in [4.69, 9.17) is 16.1 Å². The molecule has 0 spiro atoms. The Balaban J connectivity index is 2.23. The Bertz CT molecular complexity index is 675. The van der Waals surface area contributed by atoms with Crippen LogP contribution in [0.5, 0.6) is 0 Å². The van der Waals surface area contributed by atoms with Gasteiger partial charge in [-0.1, -0.05) is 16.8 Å². The van der Waals surface area contributed by atoms with Crippen LogP contribution in [-0.2, 0) is 0 Å². The van der Waals surface area contributed by atoms with Gasteiger partial charge in [0.25, 0.3) is 0 Å². The number of hydrogen-bond donors (Lipinski definition) is 0. The van der Waals surface area contributed by atoms with Crippen molar-refractivity contribution in [3.05, 3.63) is 53.3 Å². The molecule has 0 aliphatic heterocycles. The summed E-state index contributed by atoms with van der Waals surface area (Å²) >= 11 is 5.81. The quantitative estimate of drug-likeness (QED) is 0.641. The third kappa shape index (κ3) is 1.78. The number of nitrogens with zero attached hydrogens (tertiary/aromatic N) is 1. The van der Waals surface area contributed by atoms with E-state index in [0.29, 0.717) is 21.7 Å². The lowest BCUT2D eigenvalue weighted by molar-refractivity contribution is 0.441. The minimum atomic E-state index is -0.309. The van der Waals surface area contributed by atoms with Gasteiger partial charge in [0.15, 0.2) is 5.76 Å². The summed E-state index contributed by atoms with van der Waals surface area (Å²) in [5, 5.41) is 5.19. The molecule has 0 N–H and O–H groups in total. The topological polar surface area (TPSA) is 26.0 Å². The van der Waals surface area contributed by atoms with Crippen molar-refractivity contribution < 1.29 is 8.91 Å². The van der Waals surface area contributed by atoms with Crippen LogP contribution >= 0.6 is 11.6 Å². The lowest BCUT2D eigenvalue weighted by atomic mass is 10.1. The van der Waals surface area contributed by atoms with Crippen LogP contribution in [0.4, 0.5) is 4.39 Å². The van der Waals surface area contributed by atoms with Gasteiger partial charge >= 0.3 is 0 Å². The third-order valence-corrected chi connectivity index (χ3v) is 2.80. The van der Waals surface area contributed by atoms with Crippen LogP contribution in [0.2, 0.25) is 5.02 Å². The Morgan fingerprint density at radius 2 is 1.82 bits per heavy atom. The molecule has 0 aliphatic rings. The second-order valence-electron chi connectivity index (χ2n) is 3.68. The zero-order chi connectivity index (χ0) is 11.8. The predicted octanol–water partition coefficient (Wildman–Crippen LogP) is 4.29. The molecule has 0 atom stereocenters. The molecule has 1 heterocycles. The van der Waals surface area contributed by atoms with Gasteiger partial charge in [-0.05, 0) is 42.5 Å². The van der Waals surface area contributed by atoms with Crippen molar-refractivity contribution in [1.82, 2.24) is 5.16 Å². The molecule has 3 aromatic rings. The van der Waals surface area contributed by atoms with Gasteiger partial charge in [-0.25, -0.2) is 4.39 Å². The first-order valence-electron chi connectivity index (χ1n) is 5.05. The molecule has 4 heteroatoms. The lowest BCUT2D eigenvalue weighted by Crippen LogP contribution is -1.77. The molecular formula is C13H7ClFNO. The van der Waals surface area contributed by atoms with Crippen molar-refractivity contribution in [2.45, 2.75) is 0 Å². The van der Waals surface area contributed by atoms with Gasteiger partial charge in [-0.2, -0.15) is 0 Å². The molecule has 0 fully saturated rings. The number of rotatable bonds is 1. The first-order valence-corrected chi connectivity index (χ1v) is 5.43. The molecule has 0 amide bonds. The molecule has 1 aromatic heterocycles. The molecule has 2 aromatic carbocycles. The van der Waals surface area contributed by atoms with Crippen molar-refractivity contribution in [2.75, 3.05) is 0 Å². The van der Waals surface area contributed by atoms with Crippen LogP contribution in [0.3, 0.4) is 0 Å². The molecule has 84 valence electrons. The molecule has 17 heavy (non-hydrogen) atoms. The highest BCUT2D eigenvalue weighted by Crippen LogP contribution is 2.29. The van der Waals surface area contributed by atoms with Crippen molar-refractivity contribution in [3.8, 4) is 11.3 Å². The highest BCUT2D eigenvalue weighted by atomic mass is 35.5. The minimum Gasteiger partial charge on any atom is -0.355 e. The van der Waals surface area contributed by atoms with Gasteiger partial charge in [0, 0.05) is 10.6 Å². The molecule has 0 saturated heterocycles. The first kappa shape index (κ1) is 10.3. The maximum atomic E-state index is 13.2. The second kappa shape index (κ2) is 3.86. The third-order valence-electron chi connectivity index (χ3n) is 2.54. The standard InChI is InChI=1S/C13H7ClFNO/c14-9-3-1-8(2-4-9)13-11-7-10(15)5-6-12(11)16-17-13/h1-7H. The van der Waals surface area contributed by atoms with Crippen LogP contribution in [0.15, 0.2) is 47.0 Å². The average molecular weight is 248 g/mol. The zero-order valence-corrected chi connectivity index (χ0v) is 9.41. The maximum absolute atomic E-state index is 13.2. The van der Waals surface area contributed by atoms with Gasteiger partial charge < -0.3 is 4.52 Å². The van der Waals surface area contributed by atoms with E-state index in [-0.39, 0.29) is 5.82 Å². The number of fused-ring (bicyclic) bond motifs is 1. The van der Waals surface area contributed by atoms with Gasteiger partial charge in [-0.15, -0.1) is 0 Å². The van der Waals surface area contributed by atoms with E-state index in [1.807, 2.05) is 12.1 Å². The van der Waals surface area contributed by atoms with Gasteiger partial charge in [-0.3, -0.25) is 0 Å². The van der Waals surface area contributed by atoms with E-state index in [9.17, 15) is 4.39 Å². The van der Waals surface area contributed by atoms with E-state index < -0.39 is 0 Å². The summed E-state index contributed by atoms with van der Waals surface area (Å²) in [5.74, 6) is 0.243. The summed E-state index contributed by atoms with van der Waals surface area (Å²) < 4.78 is 18.4. The zero-order valence-electron chi connectivity index (χ0n) is 8.65. The van der Waals surface area contributed by atoms with Crippen molar-refractivity contribution in [2.24, 2.45) is 0 Å². The van der Waals surface area contributed by atoms with E-state index in [2.05, 4.69) is 5.16 Å². The van der Waals surface area contributed by atoms with Crippen molar-refractivity contribution in [1.29, 1.82) is 0 Å². The summed E-state index contributed by atoms with van der Waals surface area (Å²) in [4.78, 5) is 0. The molecule has 0 bridgehead atoms. The monoisotopic (exact) mass is 247 g/mol. The van der Waals surface area contributed by atoms with Gasteiger partial charge in [0.1, 0.15) is 11.3 Å². The molecule has 2 nitrogen and oxygen atoms in total. The first-order chi connectivity index (χ1) is 8.24. The normalized spacial score (nSPS) is 10.9. The Morgan fingerprint density at radius 1 is 1.06 bits per heavy atom. The van der Waals surface area contributed by atoms with E-state index in [1.165, 1.54) is 12.1 Å². The predicted molar refractivity (Wildman–Crippen MR) is 64.4 cm³/mol. The molecule has 0 saturated carbocycles. The van der Waals surface area contributed by atoms with Crippen LogP contribution < -0.4 is 0 Å². The molecule has 0 unspecified atom stereocenters. The minimum absolute atomic E-state index is 0.309. The Labute approximate surface area is 102 Å². The summed E-state index contributed by atoms with van der Waals surface area (Å²) in [5.41, 5.74) is 1.46. The van der Waals surface area contributed by atoms with Crippen LogP contribution in [0.25, 0.3) is 22.2 Å². The van der Waals surface area contributed by atoms with E-state index >= 15 is 0 Å². The van der Waals surface area contributed by atoms with E-state index in [1.54, 1.807) is 18.2 Å². The fourth-order valence-electron chi connectivity index (χ4n) is 1.72. The molecule has 0 radical (unpaired) electrons. The highest BCUT2D eigenvalue weighted by Gasteiger charge is 2.11. The summed E-state index contributed by atoms with van der Waals surface area (Å²) in [6.07, 6.45) is 0. The Hall–Kier alpha value is -1.87. The number of benzene rings is 2. The van der Waals surface area contributed by atoms with Crippen LogP contribution in [-0.4, -0.2) is 5.16 Å². The second-order valence-corrected chi connectivity index (χ2v) is 4.12. The fraction of sp³-hybridized carbons (Fsp3) is 0. The van der Waals surface area contributed by atoms with Crippen molar-refractivity contribution >= 4 is 22.5 Å². The van der Waals surface area contributed by atoms with E-state index in [0.717, 1.165) is 5.56 Å². The largest absolute Gasteiger partial charge is 0.355 e. The SMILES string of the molecule is Fc1ccc2noc(-c3ccc(Cl)cc3)c2c1. The molecular weight excluding hydrogens is 241 g/mol. The number of halogens is 2. The number of hydrogen-bond acceptors (Lipinski definition) is 2. The average Bonchev–Trinajstić information content (AvgIpc) is 2.73. The van der Waals surface area contributed by atoms with Gasteiger partial charge in [0.2, 0.25) is 0 Å². The summed E-state index contributed by atoms with van der Waals surface area (Å²) in [7, 11) is 0. The lowest BCUT2D eigenvalue weighted by Gasteiger charge is -1.96. The smallest absolute Gasteiger partial charge is 0.174 e. The van der Waals surface area contributed by atoms with Crippen LogP contribution in [0, 0.1) is 5.82 Å². The summed E-state index contributed by atoms with van der Waals surface area (Å²) in [6, 6.07) is 11.5. The fourth-order valence-corrected chi connectivity index (χ4v) is 1.85. The van der Waals surface area contributed by atoms with Crippen LogP contribution in [0.1, 0.15) is 0 Å². The molecule has 0 aliphatic carbocycles. The Kier molecular flexibility index (Phi) is 2.34. The highest BCUT2D eigenvalue weighted by molar-refractivity contribution is 6.30. The number of aromatic nitrogens is 1. The molecule has 3 rings (SSSR count). The maximum Gasteiger partial charge on any atom is 0.174 e. The Morgan fingerprint density at radius 3 is 2.59 bits per heavy atom. The van der Waals surface area contributed by atoms with Gasteiger partial charge in [0.05, 0.1) is 5.39 Å².